The van der Waals surface area contributed by atoms with Gasteiger partial charge in [0.2, 0.25) is 0 Å². The van der Waals surface area contributed by atoms with Crippen molar-refractivity contribution < 1.29 is 0 Å². The van der Waals surface area contributed by atoms with E-state index in [1.54, 1.807) is 0 Å². The standard InChI is InChI=1S/C13H33N3Si/c1-5-9-13-17(14-10-6-2,15-11-7-3)16-12-8-4/h14-16H,5-13H2,1-4H3. The summed E-state index contributed by atoms with van der Waals surface area (Å²) in [6, 6.07) is 1.30. The molecule has 0 aromatic heterocycles. The highest BCUT2D eigenvalue weighted by Gasteiger charge is 2.31. The first-order valence-electron chi connectivity index (χ1n) is 7.49. The molecule has 4 heteroatoms. The molecule has 0 amide bonds. The molecule has 3 nitrogen and oxygen atoms in total. The molecule has 104 valence electrons. The normalized spacial score (nSPS) is 12.0. The van der Waals surface area contributed by atoms with E-state index in [0.29, 0.717) is 0 Å². The fourth-order valence-electron chi connectivity index (χ4n) is 1.91. The lowest BCUT2D eigenvalue weighted by atomic mass is 10.4. The van der Waals surface area contributed by atoms with E-state index < -0.39 is 8.56 Å². The van der Waals surface area contributed by atoms with Gasteiger partial charge in [-0.25, -0.2) is 0 Å². The van der Waals surface area contributed by atoms with Gasteiger partial charge >= 0.3 is 0 Å². The molecule has 3 N–H and O–H groups in total. The van der Waals surface area contributed by atoms with Crippen LogP contribution in [0.2, 0.25) is 6.04 Å². The smallest absolute Gasteiger partial charge is 0.281 e. The highest BCUT2D eigenvalue weighted by molar-refractivity contribution is 6.72. The summed E-state index contributed by atoms with van der Waals surface area (Å²) < 4.78 is 0. The Labute approximate surface area is 109 Å². The Bertz CT molecular complexity index is 127. The van der Waals surface area contributed by atoms with Crippen LogP contribution in [0.5, 0.6) is 0 Å². The van der Waals surface area contributed by atoms with Gasteiger partial charge < -0.3 is 14.9 Å². The van der Waals surface area contributed by atoms with Crippen LogP contribution < -0.4 is 14.9 Å². The van der Waals surface area contributed by atoms with Gasteiger partial charge in [0.1, 0.15) is 0 Å². The maximum absolute atomic E-state index is 3.80. The molecule has 0 fully saturated rings. The van der Waals surface area contributed by atoms with Crippen LogP contribution in [-0.4, -0.2) is 28.2 Å². The van der Waals surface area contributed by atoms with E-state index in [0.717, 1.165) is 19.6 Å². The second-order valence-corrected chi connectivity index (χ2v) is 8.16. The predicted molar refractivity (Wildman–Crippen MR) is 80.4 cm³/mol. The third kappa shape index (κ3) is 7.92. The summed E-state index contributed by atoms with van der Waals surface area (Å²) in [7, 11) is -1.63. The van der Waals surface area contributed by atoms with Crippen LogP contribution in [0.4, 0.5) is 0 Å². The zero-order valence-electron chi connectivity index (χ0n) is 12.4. The molecule has 0 radical (unpaired) electrons. The molecule has 0 rings (SSSR count). The van der Waals surface area contributed by atoms with Gasteiger partial charge in [-0.15, -0.1) is 0 Å². The van der Waals surface area contributed by atoms with E-state index in [1.807, 2.05) is 0 Å². The minimum atomic E-state index is -1.63. The van der Waals surface area contributed by atoms with Gasteiger partial charge in [0.05, 0.1) is 0 Å². The van der Waals surface area contributed by atoms with Crippen LogP contribution in [0.1, 0.15) is 59.8 Å². The third-order valence-electron chi connectivity index (χ3n) is 2.94. The molecule has 0 aliphatic heterocycles. The second kappa shape index (κ2) is 11.2. The summed E-state index contributed by atoms with van der Waals surface area (Å²) in [5.41, 5.74) is 0. The molecule has 0 atom stereocenters. The van der Waals surface area contributed by atoms with Crippen molar-refractivity contribution in [2.24, 2.45) is 0 Å². The minimum absolute atomic E-state index is 1.13. The van der Waals surface area contributed by atoms with Crippen molar-refractivity contribution in [3.8, 4) is 0 Å². The summed E-state index contributed by atoms with van der Waals surface area (Å²) in [5.74, 6) is 0. The van der Waals surface area contributed by atoms with Crippen LogP contribution >= 0.6 is 0 Å². The summed E-state index contributed by atoms with van der Waals surface area (Å²) in [6.45, 7) is 12.4. The molecule has 0 saturated carbocycles. The minimum Gasteiger partial charge on any atom is -0.313 e. The van der Waals surface area contributed by atoms with Crippen molar-refractivity contribution in [3.05, 3.63) is 0 Å². The monoisotopic (exact) mass is 259 g/mol. The fraction of sp³-hybridized carbons (Fsp3) is 1.00. The Kier molecular flexibility index (Phi) is 11.3. The van der Waals surface area contributed by atoms with Crippen molar-refractivity contribution in [2.45, 2.75) is 65.8 Å². The Hall–Kier alpha value is 0.0969. The molecule has 0 spiro atoms. The Balaban J connectivity index is 4.39. The van der Waals surface area contributed by atoms with Crippen LogP contribution in [0.25, 0.3) is 0 Å². The fourth-order valence-corrected chi connectivity index (χ4v) is 5.73. The molecular weight excluding hydrogens is 226 g/mol. The summed E-state index contributed by atoms with van der Waals surface area (Å²) >= 11 is 0. The molecular formula is C13H33N3Si. The van der Waals surface area contributed by atoms with Crippen molar-refractivity contribution >= 4 is 8.56 Å². The topological polar surface area (TPSA) is 36.1 Å². The number of unbranched alkanes of at least 4 members (excludes halogenated alkanes) is 1. The molecule has 0 saturated heterocycles. The van der Waals surface area contributed by atoms with Crippen molar-refractivity contribution in [2.75, 3.05) is 19.6 Å². The van der Waals surface area contributed by atoms with Crippen LogP contribution in [0.15, 0.2) is 0 Å². The number of hydrogen-bond acceptors (Lipinski definition) is 3. The summed E-state index contributed by atoms with van der Waals surface area (Å²) in [5, 5.41) is 0. The molecule has 0 heterocycles. The highest BCUT2D eigenvalue weighted by Crippen LogP contribution is 2.06. The average molecular weight is 260 g/mol. The molecule has 0 aromatic rings. The lowest BCUT2D eigenvalue weighted by Crippen LogP contribution is -2.72. The molecule has 0 aliphatic rings. The van der Waals surface area contributed by atoms with Gasteiger partial charge in [0.15, 0.2) is 0 Å². The maximum atomic E-state index is 3.80. The number of rotatable bonds is 12. The Morgan fingerprint density at radius 1 is 0.647 bits per heavy atom. The lowest BCUT2D eigenvalue weighted by molar-refractivity contribution is 0.677. The molecule has 17 heavy (non-hydrogen) atoms. The van der Waals surface area contributed by atoms with Crippen molar-refractivity contribution in [3.63, 3.8) is 0 Å². The van der Waals surface area contributed by atoms with Gasteiger partial charge in [0, 0.05) is 0 Å². The Morgan fingerprint density at radius 2 is 1.06 bits per heavy atom. The average Bonchev–Trinajstić information content (AvgIpc) is 2.37. The maximum Gasteiger partial charge on any atom is 0.281 e. The Morgan fingerprint density at radius 3 is 1.35 bits per heavy atom. The van der Waals surface area contributed by atoms with Crippen LogP contribution in [0, 0.1) is 0 Å². The van der Waals surface area contributed by atoms with E-state index in [2.05, 4.69) is 42.6 Å². The van der Waals surface area contributed by atoms with Gasteiger partial charge in [-0.2, -0.15) is 0 Å². The molecule has 0 aromatic carbocycles. The quantitative estimate of drug-likeness (QED) is 0.472. The van der Waals surface area contributed by atoms with Crippen LogP contribution in [-0.2, 0) is 0 Å². The van der Waals surface area contributed by atoms with E-state index in [9.17, 15) is 0 Å². The van der Waals surface area contributed by atoms with E-state index >= 15 is 0 Å². The predicted octanol–water partition coefficient (Wildman–Crippen LogP) is 2.72. The number of nitrogens with one attached hydrogen (secondary N) is 3. The van der Waals surface area contributed by atoms with E-state index in [-0.39, 0.29) is 0 Å². The van der Waals surface area contributed by atoms with Gasteiger partial charge in [-0.3, -0.25) is 0 Å². The number of hydrogen-bond donors (Lipinski definition) is 3. The zero-order chi connectivity index (χ0) is 13.0. The molecule has 0 aliphatic carbocycles. The third-order valence-corrected chi connectivity index (χ3v) is 6.60. The molecule has 0 bridgehead atoms. The van der Waals surface area contributed by atoms with Gasteiger partial charge in [-0.05, 0) is 44.9 Å². The first kappa shape index (κ1) is 17.1. The van der Waals surface area contributed by atoms with E-state index in [1.165, 1.54) is 38.1 Å². The van der Waals surface area contributed by atoms with E-state index in [4.69, 9.17) is 0 Å². The lowest BCUT2D eigenvalue weighted by Gasteiger charge is -2.34. The SMILES string of the molecule is CCCC[Si](NCCC)(NCCC)NCCC. The summed E-state index contributed by atoms with van der Waals surface area (Å²) in [4.78, 5) is 11.4. The van der Waals surface area contributed by atoms with Gasteiger partial charge in [-0.1, -0.05) is 40.5 Å². The summed E-state index contributed by atoms with van der Waals surface area (Å²) in [6.07, 6.45) is 6.23. The van der Waals surface area contributed by atoms with Gasteiger partial charge in [0.25, 0.3) is 8.56 Å². The largest absolute Gasteiger partial charge is 0.313 e. The zero-order valence-corrected chi connectivity index (χ0v) is 13.4. The first-order valence-corrected chi connectivity index (χ1v) is 9.70. The second-order valence-electron chi connectivity index (χ2n) is 4.79. The van der Waals surface area contributed by atoms with Crippen molar-refractivity contribution in [1.82, 2.24) is 14.9 Å². The molecule has 0 unspecified atom stereocenters. The highest BCUT2D eigenvalue weighted by atomic mass is 28.4. The van der Waals surface area contributed by atoms with Crippen molar-refractivity contribution in [1.29, 1.82) is 0 Å². The van der Waals surface area contributed by atoms with Crippen LogP contribution in [0.3, 0.4) is 0 Å². The first-order chi connectivity index (χ1) is 8.24.